The number of hydrogen-bond acceptors (Lipinski definition) is 3. The largest absolute Gasteiger partial charge is 0.396 e. The SMILES string of the molecule is O=C(c1ccc(C#CCO)cc1F)N1CCC(CCO)C1. The van der Waals surface area contributed by atoms with Crippen LogP contribution in [0.25, 0.3) is 0 Å². The van der Waals surface area contributed by atoms with Gasteiger partial charge < -0.3 is 15.1 Å². The highest BCUT2D eigenvalue weighted by atomic mass is 19.1. The van der Waals surface area contributed by atoms with Gasteiger partial charge in [-0.3, -0.25) is 4.79 Å². The van der Waals surface area contributed by atoms with Crippen LogP contribution in [0.2, 0.25) is 0 Å². The number of nitrogens with zero attached hydrogens (tertiary/aromatic N) is 1. The first kappa shape index (κ1) is 15.5. The molecule has 5 heteroatoms. The number of amides is 1. The Bertz CT molecular complexity index is 577. The van der Waals surface area contributed by atoms with E-state index in [0.29, 0.717) is 25.1 Å². The van der Waals surface area contributed by atoms with Crippen LogP contribution in [0.15, 0.2) is 18.2 Å². The van der Waals surface area contributed by atoms with E-state index >= 15 is 0 Å². The maximum absolute atomic E-state index is 14.0. The first-order valence-electron chi connectivity index (χ1n) is 6.95. The topological polar surface area (TPSA) is 60.8 Å². The lowest BCUT2D eigenvalue weighted by atomic mass is 10.1. The van der Waals surface area contributed by atoms with E-state index < -0.39 is 5.82 Å². The summed E-state index contributed by atoms with van der Waals surface area (Å²) < 4.78 is 14.0. The van der Waals surface area contributed by atoms with Gasteiger partial charge in [0.25, 0.3) is 5.91 Å². The van der Waals surface area contributed by atoms with Gasteiger partial charge in [0.2, 0.25) is 0 Å². The lowest BCUT2D eigenvalue weighted by Gasteiger charge is -2.17. The standard InChI is InChI=1S/C16H18FNO3/c17-15-10-12(2-1-8-19)3-4-14(15)16(21)18-7-5-13(11-18)6-9-20/h3-4,10,13,19-20H,5-9,11H2. The molecule has 1 amide bonds. The van der Waals surface area contributed by atoms with Gasteiger partial charge in [-0.25, -0.2) is 4.39 Å². The summed E-state index contributed by atoms with van der Waals surface area (Å²) in [6, 6.07) is 4.20. The van der Waals surface area contributed by atoms with Gasteiger partial charge in [-0.05, 0) is 37.0 Å². The second kappa shape index (κ2) is 7.21. The fraction of sp³-hybridized carbons (Fsp3) is 0.438. The Morgan fingerprint density at radius 1 is 1.43 bits per heavy atom. The predicted octanol–water partition coefficient (Wildman–Crippen LogP) is 1.01. The third kappa shape index (κ3) is 3.81. The van der Waals surface area contributed by atoms with E-state index in [9.17, 15) is 9.18 Å². The minimum atomic E-state index is -0.602. The van der Waals surface area contributed by atoms with Gasteiger partial charge in [-0.1, -0.05) is 11.8 Å². The van der Waals surface area contributed by atoms with Crippen LogP contribution in [0.1, 0.15) is 28.8 Å². The van der Waals surface area contributed by atoms with E-state index in [1.54, 1.807) is 11.0 Å². The van der Waals surface area contributed by atoms with Crippen LogP contribution >= 0.6 is 0 Å². The number of halogens is 1. The van der Waals surface area contributed by atoms with E-state index in [0.717, 1.165) is 6.42 Å². The molecule has 1 heterocycles. The van der Waals surface area contributed by atoms with Gasteiger partial charge >= 0.3 is 0 Å². The van der Waals surface area contributed by atoms with Crippen LogP contribution in [0.3, 0.4) is 0 Å². The molecule has 1 aromatic rings. The van der Waals surface area contributed by atoms with Crippen molar-refractivity contribution in [1.29, 1.82) is 0 Å². The number of carbonyl (C=O) groups excluding carboxylic acids is 1. The maximum Gasteiger partial charge on any atom is 0.256 e. The molecule has 21 heavy (non-hydrogen) atoms. The van der Waals surface area contributed by atoms with Gasteiger partial charge in [0.05, 0.1) is 5.56 Å². The molecule has 0 radical (unpaired) electrons. The Labute approximate surface area is 123 Å². The molecule has 0 bridgehead atoms. The van der Waals surface area contributed by atoms with Gasteiger partial charge in [0, 0.05) is 25.3 Å². The van der Waals surface area contributed by atoms with E-state index in [1.807, 2.05) is 0 Å². The fourth-order valence-corrected chi connectivity index (χ4v) is 2.51. The third-order valence-corrected chi connectivity index (χ3v) is 3.62. The zero-order chi connectivity index (χ0) is 15.2. The highest BCUT2D eigenvalue weighted by molar-refractivity contribution is 5.94. The zero-order valence-corrected chi connectivity index (χ0v) is 11.7. The highest BCUT2D eigenvalue weighted by Crippen LogP contribution is 2.22. The molecule has 0 saturated carbocycles. The smallest absolute Gasteiger partial charge is 0.256 e. The summed E-state index contributed by atoms with van der Waals surface area (Å²) in [4.78, 5) is 13.9. The van der Waals surface area contributed by atoms with Gasteiger partial charge in [0.1, 0.15) is 12.4 Å². The number of aliphatic hydroxyl groups excluding tert-OH is 2. The molecular weight excluding hydrogens is 273 g/mol. The number of hydrogen-bond donors (Lipinski definition) is 2. The van der Waals surface area contributed by atoms with E-state index in [1.165, 1.54) is 12.1 Å². The highest BCUT2D eigenvalue weighted by Gasteiger charge is 2.27. The monoisotopic (exact) mass is 291 g/mol. The predicted molar refractivity (Wildman–Crippen MR) is 76.1 cm³/mol. The Hall–Kier alpha value is -1.90. The maximum atomic E-state index is 14.0. The molecule has 2 rings (SSSR count). The molecule has 0 spiro atoms. The van der Waals surface area contributed by atoms with Crippen molar-refractivity contribution >= 4 is 5.91 Å². The third-order valence-electron chi connectivity index (χ3n) is 3.62. The van der Waals surface area contributed by atoms with Crippen molar-refractivity contribution in [1.82, 2.24) is 4.90 Å². The van der Waals surface area contributed by atoms with Crippen LogP contribution in [-0.2, 0) is 0 Å². The lowest BCUT2D eigenvalue weighted by Crippen LogP contribution is -2.29. The van der Waals surface area contributed by atoms with Crippen molar-refractivity contribution < 1.29 is 19.4 Å². The van der Waals surface area contributed by atoms with E-state index in [-0.39, 0.29) is 30.6 Å². The summed E-state index contributed by atoms with van der Waals surface area (Å²) in [5, 5.41) is 17.5. The zero-order valence-electron chi connectivity index (χ0n) is 11.7. The summed E-state index contributed by atoms with van der Waals surface area (Å²) in [5.74, 6) is 4.40. The second-order valence-electron chi connectivity index (χ2n) is 5.07. The number of aliphatic hydroxyl groups is 2. The van der Waals surface area contributed by atoms with Crippen molar-refractivity contribution in [3.8, 4) is 11.8 Å². The van der Waals surface area contributed by atoms with Crippen molar-refractivity contribution in [2.75, 3.05) is 26.3 Å². The van der Waals surface area contributed by atoms with Gasteiger partial charge in [-0.2, -0.15) is 0 Å². The van der Waals surface area contributed by atoms with Crippen LogP contribution in [0.5, 0.6) is 0 Å². The van der Waals surface area contributed by atoms with Crippen molar-refractivity contribution in [2.24, 2.45) is 5.92 Å². The summed E-state index contributed by atoms with van der Waals surface area (Å²) in [6.45, 7) is 0.974. The fourth-order valence-electron chi connectivity index (χ4n) is 2.51. The Kier molecular flexibility index (Phi) is 5.32. The molecule has 1 unspecified atom stereocenters. The minimum Gasteiger partial charge on any atom is -0.396 e. The van der Waals surface area contributed by atoms with Crippen LogP contribution < -0.4 is 0 Å². The molecule has 1 aromatic carbocycles. The molecule has 112 valence electrons. The molecule has 1 atom stereocenters. The second-order valence-corrected chi connectivity index (χ2v) is 5.07. The molecule has 4 nitrogen and oxygen atoms in total. The number of rotatable bonds is 3. The quantitative estimate of drug-likeness (QED) is 0.817. The molecule has 0 aromatic heterocycles. The van der Waals surface area contributed by atoms with Crippen LogP contribution in [0, 0.1) is 23.6 Å². The molecule has 0 aliphatic carbocycles. The first-order valence-corrected chi connectivity index (χ1v) is 6.95. The van der Waals surface area contributed by atoms with Gasteiger partial charge in [-0.15, -0.1) is 0 Å². The Morgan fingerprint density at radius 2 is 2.24 bits per heavy atom. The molecule has 1 saturated heterocycles. The molecule has 2 N–H and O–H groups in total. The summed E-state index contributed by atoms with van der Waals surface area (Å²) in [5.41, 5.74) is 0.465. The van der Waals surface area contributed by atoms with Crippen molar-refractivity contribution in [3.63, 3.8) is 0 Å². The Morgan fingerprint density at radius 3 is 2.90 bits per heavy atom. The van der Waals surface area contributed by atoms with E-state index in [2.05, 4.69) is 11.8 Å². The Balaban J connectivity index is 2.09. The average Bonchev–Trinajstić information content (AvgIpc) is 2.93. The van der Waals surface area contributed by atoms with Crippen molar-refractivity contribution in [2.45, 2.75) is 12.8 Å². The van der Waals surface area contributed by atoms with Crippen LogP contribution in [0.4, 0.5) is 4.39 Å². The van der Waals surface area contributed by atoms with E-state index in [4.69, 9.17) is 10.2 Å². The van der Waals surface area contributed by atoms with Crippen molar-refractivity contribution in [3.05, 3.63) is 35.1 Å². The van der Waals surface area contributed by atoms with Crippen LogP contribution in [-0.4, -0.2) is 47.3 Å². The molecule has 1 aliphatic rings. The molecule has 1 aliphatic heterocycles. The number of carbonyl (C=O) groups is 1. The minimum absolute atomic E-state index is 0.0363. The normalized spacial score (nSPS) is 17.5. The summed E-state index contributed by atoms with van der Waals surface area (Å²) in [7, 11) is 0. The lowest BCUT2D eigenvalue weighted by molar-refractivity contribution is 0.0780. The number of likely N-dealkylation sites (tertiary alicyclic amines) is 1. The molecule has 1 fully saturated rings. The van der Waals surface area contributed by atoms with Gasteiger partial charge in [0.15, 0.2) is 0 Å². The molecular formula is C16H18FNO3. The summed E-state index contributed by atoms with van der Waals surface area (Å²) >= 11 is 0. The number of benzene rings is 1. The first-order chi connectivity index (χ1) is 10.2. The average molecular weight is 291 g/mol. The summed E-state index contributed by atoms with van der Waals surface area (Å²) in [6.07, 6.45) is 1.51.